The molecule has 0 aliphatic carbocycles. The third kappa shape index (κ3) is 4.23. The molecule has 0 spiro atoms. The molecule has 0 bridgehead atoms. The number of amides is 4. The Balaban J connectivity index is 1.82. The first-order valence-corrected chi connectivity index (χ1v) is 9.88. The van der Waals surface area contributed by atoms with Crippen LogP contribution in [0.3, 0.4) is 0 Å². The summed E-state index contributed by atoms with van der Waals surface area (Å²) in [6.45, 7) is 2.42. The van der Waals surface area contributed by atoms with Gasteiger partial charge in [-0.15, -0.1) is 0 Å². The predicted octanol–water partition coefficient (Wildman–Crippen LogP) is 2.16. The van der Waals surface area contributed by atoms with Crippen LogP contribution < -0.4 is 16.1 Å². The molecule has 1 atom stereocenters. The topological polar surface area (TPSA) is 143 Å². The van der Waals surface area contributed by atoms with Crippen LogP contribution in [-0.4, -0.2) is 48.0 Å². The highest BCUT2D eigenvalue weighted by molar-refractivity contribution is 6.09. The second-order valence-electron chi connectivity index (χ2n) is 7.05. The van der Waals surface area contributed by atoms with Gasteiger partial charge in [0.2, 0.25) is 0 Å². The Morgan fingerprint density at radius 2 is 1.94 bits per heavy atom. The number of nitrogens with zero attached hydrogens (tertiary/aromatic N) is 2. The number of hydrogen-bond donors (Lipinski definition) is 3. The summed E-state index contributed by atoms with van der Waals surface area (Å²) in [5.74, 6) is -1.48. The molecule has 1 aliphatic heterocycles. The normalized spacial score (nSPS) is 17.8. The summed E-state index contributed by atoms with van der Waals surface area (Å²) >= 11 is 0. The van der Waals surface area contributed by atoms with Crippen molar-refractivity contribution in [3.8, 4) is 0 Å². The smallest absolute Gasteiger partial charge is 0.344 e. The lowest BCUT2D eigenvalue weighted by Gasteiger charge is -2.25. The molecule has 3 rings (SSSR count). The number of ether oxygens (including phenoxy) is 1. The van der Waals surface area contributed by atoms with Crippen LogP contribution in [0.5, 0.6) is 0 Å². The van der Waals surface area contributed by atoms with Gasteiger partial charge in [-0.1, -0.05) is 37.3 Å². The number of nitrogens with one attached hydrogen (secondary N) is 3. The summed E-state index contributed by atoms with van der Waals surface area (Å²) in [7, 11) is 1.50. The zero-order valence-electron chi connectivity index (χ0n) is 17.6. The second kappa shape index (κ2) is 9.43. The standard InChI is InChI=1S/C21H23N5O6/c1-3-21(15-7-5-4-6-8-15)19(28)25(20(29)23-21)24-18(27)14-9-10-16(22-11-12-32-2)17(13-14)26(30)31/h4-10,13,22H,3,11-12H2,1-2H3,(H,23,29)(H,24,27). The van der Waals surface area contributed by atoms with E-state index >= 15 is 0 Å². The summed E-state index contributed by atoms with van der Waals surface area (Å²) in [5, 5.41) is 17.5. The number of nitro groups is 1. The molecular formula is C21H23N5O6. The van der Waals surface area contributed by atoms with Gasteiger partial charge >= 0.3 is 6.03 Å². The number of carbonyl (C=O) groups excluding carboxylic acids is 3. The van der Waals surface area contributed by atoms with Crippen molar-refractivity contribution < 1.29 is 24.0 Å². The molecule has 4 amide bonds. The Hall–Kier alpha value is -3.99. The number of imide groups is 1. The molecule has 0 radical (unpaired) electrons. The van der Waals surface area contributed by atoms with Gasteiger partial charge in [-0.05, 0) is 24.1 Å². The third-order valence-electron chi connectivity index (χ3n) is 5.18. The zero-order chi connectivity index (χ0) is 23.3. The van der Waals surface area contributed by atoms with Gasteiger partial charge in [-0.2, -0.15) is 5.01 Å². The SMILES string of the molecule is CCC1(c2ccccc2)NC(=O)N(NC(=O)c2ccc(NCCOC)c([N+](=O)[O-])c2)C1=O. The first kappa shape index (κ1) is 22.7. The highest BCUT2D eigenvalue weighted by atomic mass is 16.6. The van der Waals surface area contributed by atoms with Crippen molar-refractivity contribution in [3.63, 3.8) is 0 Å². The average molecular weight is 441 g/mol. The zero-order valence-corrected chi connectivity index (χ0v) is 17.6. The third-order valence-corrected chi connectivity index (χ3v) is 5.18. The van der Waals surface area contributed by atoms with E-state index < -0.39 is 28.3 Å². The number of carbonyl (C=O) groups is 3. The summed E-state index contributed by atoms with van der Waals surface area (Å²) in [5.41, 5.74) is 1.35. The Kier molecular flexibility index (Phi) is 6.69. The highest BCUT2D eigenvalue weighted by Gasteiger charge is 2.52. The van der Waals surface area contributed by atoms with Crippen molar-refractivity contribution in [1.82, 2.24) is 15.8 Å². The van der Waals surface area contributed by atoms with E-state index in [0.717, 1.165) is 6.07 Å². The molecule has 0 aromatic heterocycles. The van der Waals surface area contributed by atoms with Crippen molar-refractivity contribution in [3.05, 3.63) is 69.8 Å². The maximum Gasteiger partial charge on any atom is 0.344 e. The maximum absolute atomic E-state index is 13.1. The van der Waals surface area contributed by atoms with Crippen molar-refractivity contribution in [2.24, 2.45) is 0 Å². The molecule has 11 nitrogen and oxygen atoms in total. The van der Waals surface area contributed by atoms with Crippen LogP contribution in [-0.2, 0) is 15.1 Å². The van der Waals surface area contributed by atoms with Gasteiger partial charge in [0, 0.05) is 25.3 Å². The van der Waals surface area contributed by atoms with Gasteiger partial charge in [0.1, 0.15) is 11.2 Å². The van der Waals surface area contributed by atoms with Crippen LogP contribution in [0.15, 0.2) is 48.5 Å². The quantitative estimate of drug-likeness (QED) is 0.234. The number of hydrogen-bond acceptors (Lipinski definition) is 7. The Morgan fingerprint density at radius 1 is 1.22 bits per heavy atom. The van der Waals surface area contributed by atoms with Crippen LogP contribution in [0.2, 0.25) is 0 Å². The molecule has 32 heavy (non-hydrogen) atoms. The lowest BCUT2D eigenvalue weighted by atomic mass is 9.87. The molecule has 1 aliphatic rings. The largest absolute Gasteiger partial charge is 0.383 e. The van der Waals surface area contributed by atoms with Gasteiger partial charge < -0.3 is 15.4 Å². The fourth-order valence-electron chi connectivity index (χ4n) is 3.47. The fourth-order valence-corrected chi connectivity index (χ4v) is 3.47. The Bertz CT molecular complexity index is 1040. The number of benzene rings is 2. The van der Waals surface area contributed by atoms with E-state index in [0.29, 0.717) is 23.7 Å². The summed E-state index contributed by atoms with van der Waals surface area (Å²) in [4.78, 5) is 49.2. The average Bonchev–Trinajstić information content (AvgIpc) is 3.05. The van der Waals surface area contributed by atoms with E-state index in [9.17, 15) is 24.5 Å². The van der Waals surface area contributed by atoms with Gasteiger partial charge in [0.15, 0.2) is 0 Å². The molecule has 3 N–H and O–H groups in total. The predicted molar refractivity (Wildman–Crippen MR) is 115 cm³/mol. The van der Waals surface area contributed by atoms with E-state index in [2.05, 4.69) is 16.1 Å². The van der Waals surface area contributed by atoms with E-state index in [1.54, 1.807) is 37.3 Å². The van der Waals surface area contributed by atoms with Crippen LogP contribution >= 0.6 is 0 Å². The van der Waals surface area contributed by atoms with E-state index in [1.165, 1.54) is 19.2 Å². The van der Waals surface area contributed by atoms with Crippen LogP contribution in [0.4, 0.5) is 16.2 Å². The minimum absolute atomic E-state index is 0.0803. The number of rotatable bonds is 9. The van der Waals surface area contributed by atoms with Crippen molar-refractivity contribution in [2.45, 2.75) is 18.9 Å². The minimum Gasteiger partial charge on any atom is -0.383 e. The highest BCUT2D eigenvalue weighted by Crippen LogP contribution is 2.32. The molecule has 2 aromatic carbocycles. The molecule has 1 saturated heterocycles. The van der Waals surface area contributed by atoms with Gasteiger partial charge in [-0.25, -0.2) is 4.79 Å². The maximum atomic E-state index is 13.1. The van der Waals surface area contributed by atoms with Crippen molar-refractivity contribution >= 4 is 29.2 Å². The van der Waals surface area contributed by atoms with Crippen LogP contribution in [0.25, 0.3) is 0 Å². The molecule has 1 fully saturated rings. The molecule has 11 heteroatoms. The lowest BCUT2D eigenvalue weighted by molar-refractivity contribution is -0.384. The van der Waals surface area contributed by atoms with Gasteiger partial charge in [-0.3, -0.25) is 25.1 Å². The van der Waals surface area contributed by atoms with Crippen molar-refractivity contribution in [2.75, 3.05) is 25.6 Å². The van der Waals surface area contributed by atoms with Crippen LogP contribution in [0.1, 0.15) is 29.3 Å². The minimum atomic E-state index is -1.31. The number of urea groups is 1. The van der Waals surface area contributed by atoms with Gasteiger partial charge in [0.25, 0.3) is 17.5 Å². The summed E-state index contributed by atoms with van der Waals surface area (Å²) in [6.07, 6.45) is 0.265. The molecule has 1 unspecified atom stereocenters. The first-order valence-electron chi connectivity index (χ1n) is 9.88. The Labute approximate surface area is 183 Å². The van der Waals surface area contributed by atoms with E-state index in [-0.39, 0.29) is 23.4 Å². The first-order chi connectivity index (χ1) is 15.3. The fraction of sp³-hybridized carbons (Fsp3) is 0.286. The molecule has 168 valence electrons. The van der Waals surface area contributed by atoms with Crippen molar-refractivity contribution in [1.29, 1.82) is 0 Å². The molecule has 1 heterocycles. The summed E-state index contributed by atoms with van der Waals surface area (Å²) in [6, 6.07) is 11.7. The van der Waals surface area contributed by atoms with E-state index in [1.807, 2.05) is 0 Å². The molecule has 2 aromatic rings. The number of anilines is 1. The number of hydrazine groups is 1. The summed E-state index contributed by atoms with van der Waals surface area (Å²) < 4.78 is 4.91. The molecular weight excluding hydrogens is 418 g/mol. The molecule has 0 saturated carbocycles. The lowest BCUT2D eigenvalue weighted by Crippen LogP contribution is -2.48. The monoisotopic (exact) mass is 441 g/mol. The Morgan fingerprint density at radius 3 is 2.56 bits per heavy atom. The van der Waals surface area contributed by atoms with Gasteiger partial charge in [0.05, 0.1) is 11.5 Å². The number of nitro benzene ring substituents is 1. The second-order valence-corrected chi connectivity index (χ2v) is 7.05. The van der Waals surface area contributed by atoms with Crippen LogP contribution in [0, 0.1) is 10.1 Å². The number of methoxy groups -OCH3 is 1. The van der Waals surface area contributed by atoms with E-state index in [4.69, 9.17) is 4.74 Å².